The number of aryl methyl sites for hydroxylation is 1. The number of phenols is 1. The number of nitrogens with zero attached hydrogens (tertiary/aromatic N) is 1. The van der Waals surface area contributed by atoms with Gasteiger partial charge in [0.15, 0.2) is 5.58 Å². The molecular formula is C15H16ClNO4. The van der Waals surface area contributed by atoms with E-state index in [1.165, 1.54) is 6.07 Å². The topological polar surface area (TPSA) is 73.5 Å². The number of quaternary nitrogens is 1. The van der Waals surface area contributed by atoms with E-state index in [-0.39, 0.29) is 22.9 Å². The van der Waals surface area contributed by atoms with E-state index >= 15 is 0 Å². The number of phenolic OH excluding ortho intramolecular Hbond substituents is 1. The van der Waals surface area contributed by atoms with E-state index in [0.717, 1.165) is 12.8 Å². The van der Waals surface area contributed by atoms with Gasteiger partial charge in [-0.1, -0.05) is 11.6 Å². The highest BCUT2D eigenvalue weighted by Crippen LogP contribution is 2.34. The highest BCUT2D eigenvalue weighted by molar-refractivity contribution is 6.31. The van der Waals surface area contributed by atoms with Gasteiger partial charge in [0.1, 0.15) is 17.3 Å². The normalized spacial score (nSPS) is 17.5. The van der Waals surface area contributed by atoms with Crippen molar-refractivity contribution >= 4 is 22.6 Å². The summed E-state index contributed by atoms with van der Waals surface area (Å²) in [6.45, 7) is 2.87. The first-order chi connectivity index (χ1) is 9.91. The predicted octanol–water partition coefficient (Wildman–Crippen LogP) is 3.07. The Morgan fingerprint density at radius 1 is 1.38 bits per heavy atom. The summed E-state index contributed by atoms with van der Waals surface area (Å²) in [5, 5.41) is 23.4. The number of fused-ring (bicyclic) bond motifs is 1. The molecule has 0 saturated carbocycles. The Labute approximate surface area is 126 Å². The minimum absolute atomic E-state index is 0.0207. The Morgan fingerprint density at radius 3 is 2.71 bits per heavy atom. The van der Waals surface area contributed by atoms with Crippen LogP contribution in [-0.2, 0) is 6.54 Å². The molecule has 3 rings (SSSR count). The number of likely N-dealkylation sites (tertiary alicyclic amines) is 1. The van der Waals surface area contributed by atoms with Crippen molar-refractivity contribution in [2.24, 2.45) is 0 Å². The van der Waals surface area contributed by atoms with E-state index in [4.69, 9.17) is 16.0 Å². The van der Waals surface area contributed by atoms with Crippen LogP contribution < -0.4 is 5.63 Å². The Bertz CT molecular complexity index is 762. The molecule has 0 unspecified atom stereocenters. The Kier molecular flexibility index (Phi) is 3.43. The largest absolute Gasteiger partial charge is 0.633 e. The first kappa shape index (κ1) is 14.4. The lowest BCUT2D eigenvalue weighted by atomic mass is 10.1. The summed E-state index contributed by atoms with van der Waals surface area (Å²) in [4.78, 5) is 11.8. The maximum Gasteiger partial charge on any atom is 0.355 e. The molecule has 0 spiro atoms. The summed E-state index contributed by atoms with van der Waals surface area (Å²) in [5.41, 5.74) is 0.610. The summed E-state index contributed by atoms with van der Waals surface area (Å²) >= 11 is 5.91. The molecule has 1 aliphatic heterocycles. The zero-order valence-corrected chi connectivity index (χ0v) is 12.4. The second-order valence-electron chi connectivity index (χ2n) is 5.64. The molecule has 2 aromatic rings. The zero-order valence-electron chi connectivity index (χ0n) is 11.7. The minimum atomic E-state index is -0.646. The Hall–Kier alpha value is -1.56. The highest BCUT2D eigenvalue weighted by Gasteiger charge is 2.27. The molecule has 2 heterocycles. The highest BCUT2D eigenvalue weighted by atomic mass is 35.5. The van der Waals surface area contributed by atoms with Crippen molar-refractivity contribution in [1.29, 1.82) is 0 Å². The van der Waals surface area contributed by atoms with Crippen LogP contribution in [-0.4, -0.2) is 22.8 Å². The number of benzene rings is 1. The number of halogens is 1. The molecule has 6 heteroatoms. The molecule has 0 atom stereocenters. The monoisotopic (exact) mass is 309 g/mol. The number of hydrogen-bond acceptors (Lipinski definition) is 4. The van der Waals surface area contributed by atoms with Gasteiger partial charge in [0.2, 0.25) is 0 Å². The van der Waals surface area contributed by atoms with E-state index in [9.17, 15) is 15.1 Å². The summed E-state index contributed by atoms with van der Waals surface area (Å²) in [6, 6.07) is 3.17. The minimum Gasteiger partial charge on any atom is -0.633 e. The van der Waals surface area contributed by atoms with Gasteiger partial charge in [0, 0.05) is 18.2 Å². The van der Waals surface area contributed by atoms with Crippen LogP contribution in [0.2, 0.25) is 5.02 Å². The second kappa shape index (κ2) is 5.02. The number of aromatic hydroxyl groups is 1. The quantitative estimate of drug-likeness (QED) is 0.525. The summed E-state index contributed by atoms with van der Waals surface area (Å²) in [7, 11) is 0. The van der Waals surface area contributed by atoms with Crippen LogP contribution in [0.25, 0.3) is 11.0 Å². The maximum atomic E-state index is 12.6. The van der Waals surface area contributed by atoms with Gasteiger partial charge in [-0.25, -0.2) is 4.79 Å². The molecule has 1 saturated heterocycles. The average Bonchev–Trinajstić information content (AvgIpc) is 2.87. The van der Waals surface area contributed by atoms with Gasteiger partial charge >= 0.3 is 5.63 Å². The summed E-state index contributed by atoms with van der Waals surface area (Å²) < 4.78 is 4.85. The number of hydrogen-bond donors (Lipinski definition) is 1. The van der Waals surface area contributed by atoms with Gasteiger partial charge in [-0.15, -0.1) is 0 Å². The molecule has 0 bridgehead atoms. The van der Waals surface area contributed by atoms with Crippen LogP contribution in [0.15, 0.2) is 21.3 Å². The molecular weight excluding hydrogens is 294 g/mol. The summed E-state index contributed by atoms with van der Waals surface area (Å²) in [6.07, 6.45) is 1.76. The van der Waals surface area contributed by atoms with E-state index in [1.807, 2.05) is 0 Å². The van der Waals surface area contributed by atoms with E-state index in [2.05, 4.69) is 0 Å². The molecule has 21 heavy (non-hydrogen) atoms. The van der Waals surface area contributed by atoms with Crippen molar-refractivity contribution in [3.63, 3.8) is 0 Å². The molecule has 1 aromatic carbocycles. The molecule has 1 fully saturated rings. The third-order valence-electron chi connectivity index (χ3n) is 4.17. The maximum absolute atomic E-state index is 12.6. The molecule has 112 valence electrons. The second-order valence-corrected chi connectivity index (χ2v) is 6.02. The molecule has 1 aliphatic rings. The van der Waals surface area contributed by atoms with Crippen LogP contribution in [0.5, 0.6) is 5.75 Å². The van der Waals surface area contributed by atoms with Crippen molar-refractivity contribution in [1.82, 2.24) is 0 Å². The first-order valence-electron chi connectivity index (χ1n) is 6.92. The van der Waals surface area contributed by atoms with E-state index in [1.54, 1.807) is 13.0 Å². The molecule has 0 amide bonds. The standard InChI is InChI=1S/C15H16ClNO4/c1-9-10-4-5-12(18)11(8-17(20)6-2-3-7-17)14(10)21-15(19)13(9)16/h4-5,18H,2-3,6-8H2,1H3. The lowest BCUT2D eigenvalue weighted by Crippen LogP contribution is -2.37. The van der Waals surface area contributed by atoms with Crippen molar-refractivity contribution in [3.8, 4) is 5.75 Å². The van der Waals surface area contributed by atoms with Crippen molar-refractivity contribution in [2.45, 2.75) is 26.3 Å². The average molecular weight is 310 g/mol. The summed E-state index contributed by atoms with van der Waals surface area (Å²) in [5.74, 6) is -0.0207. The van der Waals surface area contributed by atoms with Crippen molar-refractivity contribution in [2.75, 3.05) is 13.1 Å². The fraction of sp³-hybridized carbons (Fsp3) is 0.400. The smallest absolute Gasteiger partial charge is 0.355 e. The number of hydroxylamine groups is 3. The fourth-order valence-corrected chi connectivity index (χ4v) is 3.09. The van der Waals surface area contributed by atoms with Gasteiger partial charge in [-0.2, -0.15) is 0 Å². The SMILES string of the molecule is Cc1c(Cl)c(=O)oc2c(C[N+]3([O-])CCCC3)c(O)ccc12. The third kappa shape index (κ3) is 2.41. The Balaban J connectivity index is 2.21. The van der Waals surface area contributed by atoms with Gasteiger partial charge in [0.25, 0.3) is 0 Å². The molecule has 0 aliphatic carbocycles. The lowest BCUT2D eigenvalue weighted by molar-refractivity contribution is -0.881. The first-order valence-corrected chi connectivity index (χ1v) is 7.30. The van der Waals surface area contributed by atoms with Gasteiger partial charge in [-0.05, 0) is 24.6 Å². The van der Waals surface area contributed by atoms with Crippen LogP contribution >= 0.6 is 11.6 Å². The number of rotatable bonds is 2. The van der Waals surface area contributed by atoms with Crippen LogP contribution in [0.1, 0.15) is 24.0 Å². The van der Waals surface area contributed by atoms with Gasteiger partial charge in [0.05, 0.1) is 18.7 Å². The predicted molar refractivity (Wildman–Crippen MR) is 80.2 cm³/mol. The van der Waals surface area contributed by atoms with Gasteiger partial charge < -0.3 is 19.4 Å². The van der Waals surface area contributed by atoms with Gasteiger partial charge in [-0.3, -0.25) is 0 Å². The van der Waals surface area contributed by atoms with Crippen LogP contribution in [0, 0.1) is 12.1 Å². The zero-order chi connectivity index (χ0) is 15.2. The fourth-order valence-electron chi connectivity index (χ4n) is 2.95. The van der Waals surface area contributed by atoms with Crippen molar-refractivity contribution < 1.29 is 14.2 Å². The van der Waals surface area contributed by atoms with E-state index < -0.39 is 10.3 Å². The lowest BCUT2D eigenvalue weighted by Gasteiger charge is -2.38. The van der Waals surface area contributed by atoms with E-state index in [0.29, 0.717) is 29.6 Å². The molecule has 0 radical (unpaired) electrons. The molecule has 1 aromatic heterocycles. The third-order valence-corrected chi connectivity index (χ3v) is 4.61. The Morgan fingerprint density at radius 2 is 2.05 bits per heavy atom. The molecule has 1 N–H and O–H groups in total. The van der Waals surface area contributed by atoms with Crippen LogP contribution in [0.3, 0.4) is 0 Å². The molecule has 5 nitrogen and oxygen atoms in total. The van der Waals surface area contributed by atoms with Crippen molar-refractivity contribution in [3.05, 3.63) is 43.9 Å². The van der Waals surface area contributed by atoms with Crippen LogP contribution in [0.4, 0.5) is 0 Å².